The summed E-state index contributed by atoms with van der Waals surface area (Å²) in [7, 11) is 0. The van der Waals surface area contributed by atoms with E-state index in [2.05, 4.69) is 20.4 Å². The summed E-state index contributed by atoms with van der Waals surface area (Å²) in [6, 6.07) is 0. The molecule has 0 heterocycles. The Morgan fingerprint density at radius 3 is 2.48 bits per heavy atom. The molecular weight excluding hydrogens is 308 g/mol. The van der Waals surface area contributed by atoms with E-state index in [4.69, 9.17) is 11.6 Å². The van der Waals surface area contributed by atoms with E-state index in [-0.39, 0.29) is 16.6 Å². The Bertz CT molecular complexity index is 661. The molecule has 0 aromatic carbocycles. The molecule has 23 heavy (non-hydrogen) atoms. The summed E-state index contributed by atoms with van der Waals surface area (Å²) < 4.78 is 0. The third-order valence-electron chi connectivity index (χ3n) is 7.71. The van der Waals surface area contributed by atoms with Crippen molar-refractivity contribution in [3.8, 4) is 0 Å². The van der Waals surface area contributed by atoms with E-state index >= 15 is 0 Å². The van der Waals surface area contributed by atoms with E-state index in [1.54, 1.807) is 0 Å². The normalized spacial score (nSPS) is 46.6. The van der Waals surface area contributed by atoms with Crippen molar-refractivity contribution < 1.29 is 9.59 Å². The van der Waals surface area contributed by atoms with Gasteiger partial charge in [-0.05, 0) is 66.4 Å². The molecule has 0 N–H and O–H groups in total. The second-order valence-electron chi connectivity index (χ2n) is 8.63. The van der Waals surface area contributed by atoms with E-state index in [0.29, 0.717) is 35.0 Å². The zero-order valence-corrected chi connectivity index (χ0v) is 14.8. The van der Waals surface area contributed by atoms with Crippen LogP contribution in [0.4, 0.5) is 0 Å². The molecule has 0 aromatic heterocycles. The van der Waals surface area contributed by atoms with Crippen molar-refractivity contribution >= 4 is 23.2 Å². The zero-order chi connectivity index (χ0) is 16.6. The van der Waals surface area contributed by atoms with Gasteiger partial charge in [0.15, 0.2) is 5.78 Å². The topological polar surface area (TPSA) is 34.1 Å². The first kappa shape index (κ1) is 15.6. The van der Waals surface area contributed by atoms with E-state index in [1.165, 1.54) is 0 Å². The smallest absolute Gasteiger partial charge is 0.174 e. The van der Waals surface area contributed by atoms with Crippen LogP contribution in [-0.2, 0) is 9.59 Å². The van der Waals surface area contributed by atoms with Gasteiger partial charge < -0.3 is 0 Å². The molecule has 0 aromatic rings. The summed E-state index contributed by atoms with van der Waals surface area (Å²) in [5, 5.41) is 0.443. The molecule has 0 amide bonds. The maximum atomic E-state index is 12.4. The maximum Gasteiger partial charge on any atom is 0.174 e. The molecule has 0 saturated heterocycles. The Labute approximate surface area is 143 Å². The number of hydrogen-bond acceptors (Lipinski definition) is 2. The van der Waals surface area contributed by atoms with E-state index < -0.39 is 0 Å². The minimum absolute atomic E-state index is 0.0298. The predicted molar refractivity (Wildman–Crippen MR) is 91.0 cm³/mol. The largest absolute Gasteiger partial charge is 0.299 e. The number of hydrogen-bond donors (Lipinski definition) is 0. The summed E-state index contributed by atoms with van der Waals surface area (Å²) >= 11 is 6.43. The van der Waals surface area contributed by atoms with Crippen LogP contribution in [0.1, 0.15) is 58.8 Å². The average molecular weight is 333 g/mol. The Balaban J connectivity index is 1.79. The summed E-state index contributed by atoms with van der Waals surface area (Å²) in [5.41, 5.74) is 1.95. The molecular formula is C20H25ClO2. The van der Waals surface area contributed by atoms with Gasteiger partial charge in [-0.2, -0.15) is 0 Å². The minimum Gasteiger partial charge on any atom is -0.299 e. The molecule has 4 rings (SSSR count). The molecule has 0 spiro atoms. The monoisotopic (exact) mass is 332 g/mol. The van der Waals surface area contributed by atoms with Crippen molar-refractivity contribution in [1.29, 1.82) is 0 Å². The Morgan fingerprint density at radius 1 is 1.04 bits per heavy atom. The van der Waals surface area contributed by atoms with Crippen LogP contribution in [0.5, 0.6) is 0 Å². The number of allylic oxidation sites excluding steroid dienone is 2. The fraction of sp³-hybridized carbons (Fsp3) is 0.700. The van der Waals surface area contributed by atoms with Gasteiger partial charge in [-0.1, -0.05) is 32.0 Å². The molecule has 4 aliphatic rings. The van der Waals surface area contributed by atoms with Crippen molar-refractivity contribution in [2.24, 2.45) is 28.6 Å². The quantitative estimate of drug-likeness (QED) is 0.637. The lowest BCUT2D eigenvalue weighted by molar-refractivity contribution is -0.132. The summed E-state index contributed by atoms with van der Waals surface area (Å²) in [5.74, 6) is 2.10. The molecule has 0 radical (unpaired) electrons. The van der Waals surface area contributed by atoms with Gasteiger partial charge >= 0.3 is 0 Å². The lowest BCUT2D eigenvalue weighted by atomic mass is 9.46. The van der Waals surface area contributed by atoms with E-state index in [0.717, 1.165) is 49.7 Å². The van der Waals surface area contributed by atoms with Crippen LogP contribution in [0.15, 0.2) is 22.8 Å². The lowest BCUT2D eigenvalue weighted by Crippen LogP contribution is -2.51. The maximum absolute atomic E-state index is 12.4. The van der Waals surface area contributed by atoms with Crippen LogP contribution >= 0.6 is 11.6 Å². The van der Waals surface area contributed by atoms with Gasteiger partial charge in [0.05, 0.1) is 5.03 Å². The van der Waals surface area contributed by atoms with Gasteiger partial charge in [0.1, 0.15) is 5.78 Å². The third kappa shape index (κ3) is 1.88. The van der Waals surface area contributed by atoms with Gasteiger partial charge in [-0.15, -0.1) is 0 Å². The van der Waals surface area contributed by atoms with Crippen LogP contribution in [-0.4, -0.2) is 11.6 Å². The first-order valence-electron chi connectivity index (χ1n) is 8.94. The standard InChI is InChI=1S/C20H25ClO2/c1-11-10-12-13-4-5-16(23)19(13,2)8-6-14(12)20(3)9-7-15(22)18(21)17(11)20/h12-14H,1,4-10H2,2-3H3/t12-,13-,14+,19-,20+/m0/s1. The molecule has 3 fully saturated rings. The fourth-order valence-corrected chi connectivity index (χ4v) is 6.89. The molecule has 3 heteroatoms. The summed E-state index contributed by atoms with van der Waals surface area (Å²) in [6.45, 7) is 8.78. The first-order valence-corrected chi connectivity index (χ1v) is 9.32. The van der Waals surface area contributed by atoms with Gasteiger partial charge in [0, 0.05) is 18.3 Å². The Kier molecular flexibility index (Phi) is 3.27. The highest BCUT2D eigenvalue weighted by Crippen LogP contribution is 2.66. The molecule has 0 bridgehead atoms. The molecule has 2 nitrogen and oxygen atoms in total. The highest BCUT2D eigenvalue weighted by molar-refractivity contribution is 6.43. The Morgan fingerprint density at radius 2 is 1.74 bits per heavy atom. The lowest BCUT2D eigenvalue weighted by Gasteiger charge is -2.57. The number of carbonyl (C=O) groups excluding carboxylic acids is 2. The van der Waals surface area contributed by atoms with Crippen LogP contribution in [0.3, 0.4) is 0 Å². The average Bonchev–Trinajstić information content (AvgIpc) is 2.79. The number of Topliss-reactive ketones (excluding diaryl/α,β-unsaturated/α-hetero) is 2. The van der Waals surface area contributed by atoms with Crippen molar-refractivity contribution in [2.75, 3.05) is 0 Å². The molecule has 0 aliphatic heterocycles. The van der Waals surface area contributed by atoms with Gasteiger partial charge in [0.2, 0.25) is 0 Å². The van der Waals surface area contributed by atoms with Gasteiger partial charge in [-0.25, -0.2) is 0 Å². The van der Waals surface area contributed by atoms with Crippen molar-refractivity contribution in [3.05, 3.63) is 22.8 Å². The second kappa shape index (κ2) is 4.81. The van der Waals surface area contributed by atoms with E-state index in [1.807, 2.05) is 0 Å². The number of fused-ring (bicyclic) bond motifs is 5. The Hall–Kier alpha value is -0.890. The number of halogens is 1. The van der Waals surface area contributed by atoms with Crippen molar-refractivity contribution in [3.63, 3.8) is 0 Å². The van der Waals surface area contributed by atoms with Crippen LogP contribution in [0, 0.1) is 28.6 Å². The number of ketones is 2. The first-order chi connectivity index (χ1) is 10.8. The molecule has 3 saturated carbocycles. The third-order valence-corrected chi connectivity index (χ3v) is 8.11. The van der Waals surface area contributed by atoms with E-state index in [9.17, 15) is 9.59 Å². The minimum atomic E-state index is -0.118. The zero-order valence-electron chi connectivity index (χ0n) is 14.1. The van der Waals surface area contributed by atoms with Crippen molar-refractivity contribution in [2.45, 2.75) is 58.8 Å². The van der Waals surface area contributed by atoms with Gasteiger partial charge in [0.25, 0.3) is 0 Å². The molecule has 124 valence electrons. The SMILES string of the molecule is C=C1C[C@@H]2[C@@H](CC[C@]3(C)C(=O)CC[C@@H]23)[C@@]2(C)CCC(=O)C(Cl)=C12. The van der Waals surface area contributed by atoms with Gasteiger partial charge in [-0.3, -0.25) is 9.59 Å². The second-order valence-corrected chi connectivity index (χ2v) is 9.01. The highest BCUT2D eigenvalue weighted by Gasteiger charge is 2.60. The number of carbonyl (C=O) groups is 2. The van der Waals surface area contributed by atoms with Crippen LogP contribution in [0.25, 0.3) is 0 Å². The number of rotatable bonds is 0. The molecule has 0 unspecified atom stereocenters. The fourth-order valence-electron chi connectivity index (χ4n) is 6.45. The van der Waals surface area contributed by atoms with Crippen molar-refractivity contribution in [1.82, 2.24) is 0 Å². The summed E-state index contributed by atoms with van der Waals surface area (Å²) in [4.78, 5) is 24.5. The van der Waals surface area contributed by atoms with Crippen LogP contribution < -0.4 is 0 Å². The summed E-state index contributed by atoms with van der Waals surface area (Å²) in [6.07, 6.45) is 6.20. The molecule has 5 atom stereocenters. The molecule has 4 aliphatic carbocycles. The predicted octanol–water partition coefficient (Wildman–Crippen LogP) is 4.82. The van der Waals surface area contributed by atoms with Crippen LogP contribution in [0.2, 0.25) is 0 Å². The highest BCUT2D eigenvalue weighted by atomic mass is 35.5.